The molecule has 0 aromatic heterocycles. The monoisotopic (exact) mass is 317 g/mol. The molecular weight excluding hydrogens is 294 g/mol. The Balaban J connectivity index is 1.61. The van der Waals surface area contributed by atoms with Crippen LogP contribution in [0.5, 0.6) is 0 Å². The molecule has 1 saturated heterocycles. The summed E-state index contributed by atoms with van der Waals surface area (Å²) in [6.07, 6.45) is 1.92. The number of carbonyl (C=O) groups is 2. The van der Waals surface area contributed by atoms with E-state index in [2.05, 4.69) is 16.7 Å². The molecule has 0 bridgehead atoms. The quantitative estimate of drug-likeness (QED) is 0.861. The maximum Gasteiger partial charge on any atom is 0.314 e. The molecule has 2 aliphatic heterocycles. The van der Waals surface area contributed by atoms with Crippen LogP contribution in [0.15, 0.2) is 24.3 Å². The average Bonchev–Trinajstić information content (AvgIpc) is 2.61. The molecule has 124 valence electrons. The maximum absolute atomic E-state index is 12.8. The highest BCUT2D eigenvalue weighted by Gasteiger charge is 2.33. The Labute approximate surface area is 136 Å². The number of benzene rings is 1. The highest BCUT2D eigenvalue weighted by atomic mass is 16.5. The van der Waals surface area contributed by atoms with Crippen molar-refractivity contribution < 1.29 is 14.3 Å². The van der Waals surface area contributed by atoms with Crippen molar-refractivity contribution in [2.24, 2.45) is 0 Å². The van der Waals surface area contributed by atoms with Gasteiger partial charge in [0, 0.05) is 26.2 Å². The minimum atomic E-state index is -0.483. The zero-order chi connectivity index (χ0) is 16.2. The van der Waals surface area contributed by atoms with Crippen molar-refractivity contribution in [3.8, 4) is 0 Å². The normalized spacial score (nSPS) is 21.4. The lowest BCUT2D eigenvalue weighted by Gasteiger charge is -2.35. The van der Waals surface area contributed by atoms with Crippen LogP contribution in [0.4, 0.5) is 4.79 Å². The minimum absolute atomic E-state index is 0.0375. The number of nitrogens with one attached hydrogen (secondary N) is 2. The first-order valence-electron chi connectivity index (χ1n) is 8.15. The van der Waals surface area contributed by atoms with Crippen LogP contribution in [0.25, 0.3) is 0 Å². The van der Waals surface area contributed by atoms with E-state index in [1.54, 1.807) is 7.05 Å². The van der Waals surface area contributed by atoms with Gasteiger partial charge in [0.2, 0.25) is 0 Å². The standard InChI is InChI=1S/C17H23N3O3/c1-18-17(22)19-13-6-9-20(10-7-13)16(21)15-14-5-3-2-4-12(14)8-11-23-15/h2-5,13,15H,6-11H2,1H3,(H2,18,19,22). The molecule has 2 heterocycles. The summed E-state index contributed by atoms with van der Waals surface area (Å²) in [4.78, 5) is 26.0. The smallest absolute Gasteiger partial charge is 0.314 e. The zero-order valence-corrected chi connectivity index (χ0v) is 13.4. The topological polar surface area (TPSA) is 70.7 Å². The van der Waals surface area contributed by atoms with Crippen LogP contribution in [0.3, 0.4) is 0 Å². The van der Waals surface area contributed by atoms with E-state index in [1.165, 1.54) is 5.56 Å². The number of hydrogen-bond acceptors (Lipinski definition) is 3. The van der Waals surface area contributed by atoms with Crippen molar-refractivity contribution in [2.45, 2.75) is 31.4 Å². The molecule has 3 rings (SSSR count). The molecular formula is C17H23N3O3. The molecule has 0 radical (unpaired) electrons. The first-order valence-corrected chi connectivity index (χ1v) is 8.15. The molecule has 0 saturated carbocycles. The summed E-state index contributed by atoms with van der Waals surface area (Å²) in [5, 5.41) is 5.46. The maximum atomic E-state index is 12.8. The van der Waals surface area contributed by atoms with Gasteiger partial charge >= 0.3 is 6.03 Å². The van der Waals surface area contributed by atoms with Crippen LogP contribution in [-0.4, -0.2) is 49.6 Å². The van der Waals surface area contributed by atoms with Crippen molar-refractivity contribution >= 4 is 11.9 Å². The molecule has 3 amide bonds. The van der Waals surface area contributed by atoms with E-state index in [9.17, 15) is 9.59 Å². The second-order valence-electron chi connectivity index (χ2n) is 6.02. The number of piperidine rings is 1. The van der Waals surface area contributed by atoms with Gasteiger partial charge in [-0.25, -0.2) is 4.79 Å². The molecule has 0 aliphatic carbocycles. The Morgan fingerprint density at radius 2 is 1.96 bits per heavy atom. The Kier molecular flexibility index (Phi) is 4.81. The molecule has 1 unspecified atom stereocenters. The largest absolute Gasteiger partial charge is 0.363 e. The zero-order valence-electron chi connectivity index (χ0n) is 13.4. The van der Waals surface area contributed by atoms with Gasteiger partial charge in [0.05, 0.1) is 6.61 Å². The van der Waals surface area contributed by atoms with Gasteiger partial charge in [-0.15, -0.1) is 0 Å². The third-order valence-electron chi connectivity index (χ3n) is 4.59. The van der Waals surface area contributed by atoms with Crippen molar-refractivity contribution in [3.63, 3.8) is 0 Å². The molecule has 2 N–H and O–H groups in total. The van der Waals surface area contributed by atoms with Crippen LogP contribution in [0.1, 0.15) is 30.1 Å². The van der Waals surface area contributed by atoms with E-state index in [0.29, 0.717) is 19.7 Å². The summed E-state index contributed by atoms with van der Waals surface area (Å²) in [7, 11) is 1.60. The fraction of sp³-hybridized carbons (Fsp3) is 0.529. The van der Waals surface area contributed by atoms with Crippen LogP contribution >= 0.6 is 0 Å². The Morgan fingerprint density at radius 1 is 1.22 bits per heavy atom. The van der Waals surface area contributed by atoms with Crippen molar-refractivity contribution in [1.82, 2.24) is 15.5 Å². The van der Waals surface area contributed by atoms with Gasteiger partial charge in [-0.2, -0.15) is 0 Å². The Bertz CT molecular complexity index is 582. The number of ether oxygens (including phenoxy) is 1. The van der Waals surface area contributed by atoms with Crippen molar-refractivity contribution in [1.29, 1.82) is 0 Å². The summed E-state index contributed by atoms with van der Waals surface area (Å²) < 4.78 is 5.76. The van der Waals surface area contributed by atoms with E-state index in [-0.39, 0.29) is 18.0 Å². The number of fused-ring (bicyclic) bond motifs is 1. The van der Waals surface area contributed by atoms with Crippen LogP contribution < -0.4 is 10.6 Å². The first-order chi connectivity index (χ1) is 11.2. The first kappa shape index (κ1) is 15.8. The Hall–Kier alpha value is -2.08. The molecule has 1 fully saturated rings. The van der Waals surface area contributed by atoms with Gasteiger partial charge in [-0.05, 0) is 30.4 Å². The van der Waals surface area contributed by atoms with Crippen LogP contribution in [0, 0.1) is 0 Å². The number of carbonyl (C=O) groups excluding carboxylic acids is 2. The number of hydrogen-bond donors (Lipinski definition) is 2. The summed E-state index contributed by atoms with van der Waals surface area (Å²) in [5.74, 6) is 0.0375. The lowest BCUT2D eigenvalue weighted by molar-refractivity contribution is -0.146. The summed E-state index contributed by atoms with van der Waals surface area (Å²) in [6, 6.07) is 7.96. The fourth-order valence-corrected chi connectivity index (χ4v) is 3.27. The number of amides is 3. The van der Waals surface area contributed by atoms with Crippen LogP contribution in [-0.2, 0) is 16.0 Å². The highest BCUT2D eigenvalue weighted by molar-refractivity contribution is 5.83. The lowest BCUT2D eigenvalue weighted by Crippen LogP contribution is -2.49. The Morgan fingerprint density at radius 3 is 2.70 bits per heavy atom. The van der Waals surface area contributed by atoms with E-state index < -0.39 is 6.10 Å². The second kappa shape index (κ2) is 7.00. The van der Waals surface area contributed by atoms with Gasteiger partial charge < -0.3 is 20.3 Å². The van der Waals surface area contributed by atoms with E-state index in [1.807, 2.05) is 23.1 Å². The third-order valence-corrected chi connectivity index (χ3v) is 4.59. The molecule has 6 nitrogen and oxygen atoms in total. The second-order valence-corrected chi connectivity index (χ2v) is 6.02. The van der Waals surface area contributed by atoms with Gasteiger partial charge in [0.1, 0.15) is 0 Å². The van der Waals surface area contributed by atoms with Crippen LogP contribution in [0.2, 0.25) is 0 Å². The number of urea groups is 1. The summed E-state index contributed by atoms with van der Waals surface area (Å²) in [5.41, 5.74) is 2.20. The third kappa shape index (κ3) is 3.47. The number of likely N-dealkylation sites (tertiary alicyclic amines) is 1. The van der Waals surface area contributed by atoms with Gasteiger partial charge in [-0.3, -0.25) is 4.79 Å². The predicted molar refractivity (Wildman–Crippen MR) is 86.0 cm³/mol. The van der Waals surface area contributed by atoms with Gasteiger partial charge in [0.15, 0.2) is 6.10 Å². The fourth-order valence-electron chi connectivity index (χ4n) is 3.27. The molecule has 1 aromatic rings. The van der Waals surface area contributed by atoms with Crippen molar-refractivity contribution in [3.05, 3.63) is 35.4 Å². The molecule has 23 heavy (non-hydrogen) atoms. The average molecular weight is 317 g/mol. The van der Waals surface area contributed by atoms with E-state index >= 15 is 0 Å². The van der Waals surface area contributed by atoms with E-state index in [0.717, 1.165) is 24.8 Å². The summed E-state index contributed by atoms with van der Waals surface area (Å²) in [6.45, 7) is 1.88. The molecule has 1 atom stereocenters. The van der Waals surface area contributed by atoms with Gasteiger partial charge in [0.25, 0.3) is 5.91 Å². The molecule has 2 aliphatic rings. The van der Waals surface area contributed by atoms with E-state index in [4.69, 9.17) is 4.74 Å². The SMILES string of the molecule is CNC(=O)NC1CCN(C(=O)C2OCCc3ccccc32)CC1. The minimum Gasteiger partial charge on any atom is -0.363 e. The predicted octanol–water partition coefficient (Wildman–Crippen LogP) is 1.22. The van der Waals surface area contributed by atoms with Crippen molar-refractivity contribution in [2.75, 3.05) is 26.7 Å². The van der Waals surface area contributed by atoms with Gasteiger partial charge in [-0.1, -0.05) is 24.3 Å². The molecule has 0 spiro atoms. The molecule has 6 heteroatoms. The molecule has 1 aromatic carbocycles. The lowest BCUT2D eigenvalue weighted by atomic mass is 9.96. The summed E-state index contributed by atoms with van der Waals surface area (Å²) >= 11 is 0. The number of nitrogens with zero attached hydrogens (tertiary/aromatic N) is 1. The number of rotatable bonds is 2. The highest BCUT2D eigenvalue weighted by Crippen LogP contribution is 2.29.